The number of nitrogens with zero attached hydrogens (tertiary/aromatic N) is 3. The van der Waals surface area contributed by atoms with Crippen LogP contribution in [0.1, 0.15) is 38.2 Å². The van der Waals surface area contributed by atoms with Gasteiger partial charge < -0.3 is 24.0 Å². The summed E-state index contributed by atoms with van der Waals surface area (Å²) in [5.74, 6) is 1.57. The summed E-state index contributed by atoms with van der Waals surface area (Å²) in [4.78, 5) is 19.0. The zero-order valence-corrected chi connectivity index (χ0v) is 19.6. The molecular weight excluding hydrogens is 394 g/mol. The summed E-state index contributed by atoms with van der Waals surface area (Å²) >= 11 is 0. The Labute approximate surface area is 187 Å². The van der Waals surface area contributed by atoms with Gasteiger partial charge in [-0.05, 0) is 70.3 Å². The number of methoxy groups -OCH3 is 2. The number of carbonyl (C=O) groups excluding carboxylic acids is 1. The maximum Gasteiger partial charge on any atom is 0.409 e. The van der Waals surface area contributed by atoms with E-state index in [0.29, 0.717) is 18.7 Å². The van der Waals surface area contributed by atoms with Crippen LogP contribution in [0.15, 0.2) is 18.2 Å². The first-order valence-electron chi connectivity index (χ1n) is 11.6. The molecule has 3 rings (SSSR count). The fraction of sp³-hybridized carbons (Fsp3) is 0.708. The molecule has 1 amide bonds. The molecule has 0 saturated carbocycles. The van der Waals surface area contributed by atoms with Gasteiger partial charge >= 0.3 is 6.09 Å². The van der Waals surface area contributed by atoms with Gasteiger partial charge in [0.1, 0.15) is 0 Å². The van der Waals surface area contributed by atoms with Crippen LogP contribution in [0.4, 0.5) is 4.79 Å². The second-order valence-electron chi connectivity index (χ2n) is 8.63. The number of rotatable bonds is 8. The van der Waals surface area contributed by atoms with Gasteiger partial charge in [-0.1, -0.05) is 6.07 Å². The average Bonchev–Trinajstić information content (AvgIpc) is 2.82. The van der Waals surface area contributed by atoms with Crippen LogP contribution >= 0.6 is 0 Å². The summed E-state index contributed by atoms with van der Waals surface area (Å²) in [7, 11) is 5.60. The molecule has 0 aromatic heterocycles. The van der Waals surface area contributed by atoms with Gasteiger partial charge in [0, 0.05) is 38.3 Å². The van der Waals surface area contributed by atoms with Gasteiger partial charge in [-0.15, -0.1) is 0 Å². The van der Waals surface area contributed by atoms with Gasteiger partial charge in [0.2, 0.25) is 0 Å². The van der Waals surface area contributed by atoms with Crippen LogP contribution in [0.3, 0.4) is 0 Å². The fourth-order valence-electron chi connectivity index (χ4n) is 4.83. The standard InChI is InChI=1S/C24H39N3O4/c1-5-31-24(28)26-15-11-20(12-16-26)27-13-6-7-21(18-27)25(2)14-10-19-8-9-22(29-3)23(17-19)30-4/h8-9,17,20-21H,5-7,10-16,18H2,1-4H3/t21-/m0/s1. The van der Waals surface area contributed by atoms with Crippen LogP contribution in [0, 0.1) is 0 Å². The number of ether oxygens (including phenoxy) is 3. The van der Waals surface area contributed by atoms with E-state index in [1.54, 1.807) is 14.2 Å². The van der Waals surface area contributed by atoms with Gasteiger partial charge in [0.15, 0.2) is 11.5 Å². The molecule has 2 saturated heterocycles. The molecule has 1 atom stereocenters. The Balaban J connectivity index is 1.47. The van der Waals surface area contributed by atoms with Crippen molar-refractivity contribution in [1.82, 2.24) is 14.7 Å². The molecule has 1 aromatic carbocycles. The van der Waals surface area contributed by atoms with E-state index in [9.17, 15) is 4.79 Å². The molecule has 0 radical (unpaired) electrons. The van der Waals surface area contributed by atoms with Crippen LogP contribution in [-0.4, -0.2) is 93.5 Å². The molecule has 0 N–H and O–H groups in total. The van der Waals surface area contributed by atoms with Crippen molar-refractivity contribution < 1.29 is 19.0 Å². The highest BCUT2D eigenvalue weighted by Gasteiger charge is 2.31. The predicted octanol–water partition coefficient (Wildman–Crippen LogP) is 3.26. The highest BCUT2D eigenvalue weighted by Crippen LogP contribution is 2.28. The van der Waals surface area contributed by atoms with Crippen LogP contribution in [0.2, 0.25) is 0 Å². The highest BCUT2D eigenvalue weighted by molar-refractivity contribution is 5.67. The third-order valence-corrected chi connectivity index (χ3v) is 6.76. The minimum atomic E-state index is -0.160. The Hall–Kier alpha value is -1.99. The SMILES string of the molecule is CCOC(=O)N1CCC(N2CCC[C@H](N(C)CCc3ccc(OC)c(OC)c3)C2)CC1. The number of amides is 1. The molecule has 7 heteroatoms. The van der Waals surface area contributed by atoms with Crippen molar-refractivity contribution in [3.63, 3.8) is 0 Å². The van der Waals surface area contributed by atoms with Crippen molar-refractivity contribution >= 4 is 6.09 Å². The molecule has 2 aliphatic rings. The van der Waals surface area contributed by atoms with E-state index >= 15 is 0 Å². The average molecular weight is 434 g/mol. The maximum absolute atomic E-state index is 12.0. The highest BCUT2D eigenvalue weighted by atomic mass is 16.6. The molecular formula is C24H39N3O4. The Morgan fingerprint density at radius 2 is 1.84 bits per heavy atom. The number of likely N-dealkylation sites (N-methyl/N-ethyl adjacent to an activating group) is 1. The zero-order valence-electron chi connectivity index (χ0n) is 19.6. The van der Waals surface area contributed by atoms with Crippen molar-refractivity contribution in [2.45, 2.75) is 51.1 Å². The van der Waals surface area contributed by atoms with Gasteiger partial charge in [0.25, 0.3) is 0 Å². The van der Waals surface area contributed by atoms with E-state index in [1.165, 1.54) is 24.9 Å². The molecule has 2 aliphatic heterocycles. The van der Waals surface area contributed by atoms with E-state index in [2.05, 4.69) is 29.0 Å². The van der Waals surface area contributed by atoms with E-state index in [4.69, 9.17) is 14.2 Å². The first-order valence-corrected chi connectivity index (χ1v) is 11.6. The molecule has 31 heavy (non-hydrogen) atoms. The van der Waals surface area contributed by atoms with Gasteiger partial charge in [-0.2, -0.15) is 0 Å². The minimum Gasteiger partial charge on any atom is -0.493 e. The lowest BCUT2D eigenvalue weighted by molar-refractivity contribution is 0.0455. The lowest BCUT2D eigenvalue weighted by Gasteiger charge is -2.44. The number of hydrogen-bond acceptors (Lipinski definition) is 6. The van der Waals surface area contributed by atoms with Gasteiger partial charge in [0.05, 0.1) is 20.8 Å². The van der Waals surface area contributed by atoms with Gasteiger partial charge in [-0.3, -0.25) is 4.90 Å². The lowest BCUT2D eigenvalue weighted by Crippen LogP contribution is -2.53. The summed E-state index contributed by atoms with van der Waals surface area (Å²) in [6.07, 6.45) is 5.41. The van der Waals surface area contributed by atoms with Crippen LogP contribution in [0.25, 0.3) is 0 Å². The second kappa shape index (κ2) is 11.6. The smallest absolute Gasteiger partial charge is 0.409 e. The number of carbonyl (C=O) groups is 1. The lowest BCUT2D eigenvalue weighted by atomic mass is 9.97. The minimum absolute atomic E-state index is 0.160. The van der Waals surface area contributed by atoms with Crippen molar-refractivity contribution in [2.75, 3.05) is 60.6 Å². The summed E-state index contributed by atoms with van der Waals surface area (Å²) in [5.41, 5.74) is 1.27. The fourth-order valence-corrected chi connectivity index (χ4v) is 4.83. The Bertz CT molecular complexity index is 706. The van der Waals surface area contributed by atoms with Gasteiger partial charge in [-0.25, -0.2) is 4.79 Å². The second-order valence-corrected chi connectivity index (χ2v) is 8.63. The third kappa shape index (κ3) is 6.26. The van der Waals surface area contributed by atoms with Crippen molar-refractivity contribution in [1.29, 1.82) is 0 Å². The number of benzene rings is 1. The predicted molar refractivity (Wildman–Crippen MR) is 122 cm³/mol. The maximum atomic E-state index is 12.0. The van der Waals surface area contributed by atoms with Crippen LogP contribution < -0.4 is 9.47 Å². The third-order valence-electron chi connectivity index (χ3n) is 6.76. The molecule has 1 aromatic rings. The molecule has 0 aliphatic carbocycles. The first kappa shape index (κ1) is 23.7. The van der Waals surface area contributed by atoms with E-state index in [1.807, 2.05) is 17.9 Å². The molecule has 2 heterocycles. The summed E-state index contributed by atoms with van der Waals surface area (Å²) < 4.78 is 15.9. The Morgan fingerprint density at radius 3 is 2.52 bits per heavy atom. The normalized spacial score (nSPS) is 20.7. The number of likely N-dealkylation sites (tertiary alicyclic amines) is 2. The quantitative estimate of drug-likeness (QED) is 0.627. The van der Waals surface area contributed by atoms with Crippen molar-refractivity contribution in [3.8, 4) is 11.5 Å². The summed E-state index contributed by atoms with van der Waals surface area (Å²) in [6.45, 7) is 7.23. The van der Waals surface area contributed by atoms with Crippen LogP contribution in [0.5, 0.6) is 11.5 Å². The first-order chi connectivity index (χ1) is 15.0. The van der Waals surface area contributed by atoms with Crippen molar-refractivity contribution in [3.05, 3.63) is 23.8 Å². The molecule has 7 nitrogen and oxygen atoms in total. The van der Waals surface area contributed by atoms with E-state index < -0.39 is 0 Å². The molecule has 0 bridgehead atoms. The molecule has 2 fully saturated rings. The largest absolute Gasteiger partial charge is 0.493 e. The number of piperidine rings is 2. The monoisotopic (exact) mass is 433 g/mol. The zero-order chi connectivity index (χ0) is 22.2. The Kier molecular flexibility index (Phi) is 8.84. The topological polar surface area (TPSA) is 54.5 Å². The van der Waals surface area contributed by atoms with Crippen LogP contribution in [-0.2, 0) is 11.2 Å². The summed E-state index contributed by atoms with van der Waals surface area (Å²) in [6, 6.07) is 7.35. The van der Waals surface area contributed by atoms with E-state index in [-0.39, 0.29) is 6.09 Å². The molecule has 0 spiro atoms. The van der Waals surface area contributed by atoms with E-state index in [0.717, 1.165) is 56.9 Å². The van der Waals surface area contributed by atoms with Crippen molar-refractivity contribution in [2.24, 2.45) is 0 Å². The molecule has 0 unspecified atom stereocenters. The molecule has 174 valence electrons. The Morgan fingerprint density at radius 1 is 1.10 bits per heavy atom. The summed E-state index contributed by atoms with van der Waals surface area (Å²) in [5, 5.41) is 0. The number of hydrogen-bond donors (Lipinski definition) is 0.